The van der Waals surface area contributed by atoms with Gasteiger partial charge in [-0.05, 0) is 38.6 Å². The average Bonchev–Trinajstić information content (AvgIpc) is 3.00. The van der Waals surface area contributed by atoms with Crippen molar-refractivity contribution in [3.05, 3.63) is 0 Å². The van der Waals surface area contributed by atoms with E-state index in [1.165, 1.54) is 38.6 Å². The smallest absolute Gasteiger partial charge is 0.0630 e. The molecule has 0 bridgehead atoms. The zero-order chi connectivity index (χ0) is 11.4. The molecule has 0 radical (unpaired) electrons. The van der Waals surface area contributed by atoms with Crippen LogP contribution in [0.2, 0.25) is 0 Å². The summed E-state index contributed by atoms with van der Waals surface area (Å²) >= 11 is 0. The summed E-state index contributed by atoms with van der Waals surface area (Å²) in [4.78, 5) is 2.67. The Bertz CT molecular complexity index is 206. The van der Waals surface area contributed by atoms with Crippen molar-refractivity contribution in [2.45, 2.75) is 57.2 Å². The van der Waals surface area contributed by atoms with Crippen LogP contribution in [0.4, 0.5) is 0 Å². The lowest BCUT2D eigenvalue weighted by Gasteiger charge is -2.32. The first kappa shape index (κ1) is 12.3. The van der Waals surface area contributed by atoms with Crippen LogP contribution in [0.15, 0.2) is 0 Å². The van der Waals surface area contributed by atoms with E-state index in [0.29, 0.717) is 6.04 Å². The Labute approximate surface area is 99.5 Å². The number of likely N-dealkylation sites (tertiary alicyclic amines) is 1. The van der Waals surface area contributed by atoms with Crippen molar-refractivity contribution in [3.8, 4) is 0 Å². The van der Waals surface area contributed by atoms with Gasteiger partial charge in [0.15, 0.2) is 0 Å². The quantitative estimate of drug-likeness (QED) is 0.714. The second-order valence-electron chi connectivity index (χ2n) is 5.23. The van der Waals surface area contributed by atoms with Crippen molar-refractivity contribution >= 4 is 0 Å². The molecule has 0 aromatic heterocycles. The fraction of sp³-hybridized carbons (Fsp3) is 1.00. The lowest BCUT2D eigenvalue weighted by atomic mass is 10.1. The molecule has 1 saturated heterocycles. The molecule has 1 aliphatic heterocycles. The first-order valence-electron chi connectivity index (χ1n) is 6.83. The summed E-state index contributed by atoms with van der Waals surface area (Å²) in [5.41, 5.74) is 0. The molecule has 3 nitrogen and oxygen atoms in total. The third kappa shape index (κ3) is 3.19. The molecule has 0 spiro atoms. The van der Waals surface area contributed by atoms with Gasteiger partial charge in [-0.2, -0.15) is 0 Å². The number of methoxy groups -OCH3 is 1. The maximum absolute atomic E-state index is 5.38. The van der Waals surface area contributed by atoms with Gasteiger partial charge in [0, 0.05) is 31.8 Å². The van der Waals surface area contributed by atoms with Gasteiger partial charge in [-0.1, -0.05) is 6.92 Å². The van der Waals surface area contributed by atoms with Crippen LogP contribution in [0, 0.1) is 0 Å². The molecule has 1 heterocycles. The molecule has 2 unspecified atom stereocenters. The van der Waals surface area contributed by atoms with Crippen LogP contribution in [0.5, 0.6) is 0 Å². The molecule has 2 fully saturated rings. The standard InChI is InChI=1S/C13H26N2O/c1-3-12-5-4-8-15(12)13(10-16-2)9-14-11-6-7-11/h11-14H,3-10H2,1-2H3. The van der Waals surface area contributed by atoms with E-state index in [0.717, 1.165) is 25.2 Å². The van der Waals surface area contributed by atoms with E-state index in [1.54, 1.807) is 0 Å². The molecule has 94 valence electrons. The van der Waals surface area contributed by atoms with E-state index in [4.69, 9.17) is 4.74 Å². The molecule has 2 atom stereocenters. The Morgan fingerprint density at radius 2 is 2.19 bits per heavy atom. The summed E-state index contributed by atoms with van der Waals surface area (Å²) < 4.78 is 5.38. The Morgan fingerprint density at radius 1 is 1.38 bits per heavy atom. The van der Waals surface area contributed by atoms with Gasteiger partial charge in [0.1, 0.15) is 0 Å². The maximum atomic E-state index is 5.38. The van der Waals surface area contributed by atoms with E-state index < -0.39 is 0 Å². The predicted molar refractivity (Wildman–Crippen MR) is 66.7 cm³/mol. The van der Waals surface area contributed by atoms with E-state index >= 15 is 0 Å². The van der Waals surface area contributed by atoms with Gasteiger partial charge in [0.2, 0.25) is 0 Å². The monoisotopic (exact) mass is 226 g/mol. The molecule has 3 heteroatoms. The van der Waals surface area contributed by atoms with Crippen LogP contribution in [0.3, 0.4) is 0 Å². The van der Waals surface area contributed by atoms with Gasteiger partial charge in [-0.25, -0.2) is 0 Å². The molecule has 0 amide bonds. The van der Waals surface area contributed by atoms with Crippen LogP contribution in [0.1, 0.15) is 39.0 Å². The fourth-order valence-corrected chi connectivity index (χ4v) is 2.83. The highest BCUT2D eigenvalue weighted by Gasteiger charge is 2.30. The van der Waals surface area contributed by atoms with E-state index in [-0.39, 0.29) is 0 Å². The summed E-state index contributed by atoms with van der Waals surface area (Å²) in [6, 6.07) is 2.18. The van der Waals surface area contributed by atoms with Gasteiger partial charge >= 0.3 is 0 Å². The fourth-order valence-electron chi connectivity index (χ4n) is 2.83. The molecular formula is C13H26N2O. The van der Waals surface area contributed by atoms with E-state index in [1.807, 2.05) is 7.11 Å². The number of nitrogens with one attached hydrogen (secondary N) is 1. The zero-order valence-corrected chi connectivity index (χ0v) is 10.7. The van der Waals surface area contributed by atoms with Crippen molar-refractivity contribution < 1.29 is 4.74 Å². The highest BCUT2D eigenvalue weighted by atomic mass is 16.5. The Kier molecular flexibility index (Phi) is 4.62. The summed E-state index contributed by atoms with van der Waals surface area (Å²) in [6.45, 7) is 5.55. The molecule has 0 aromatic carbocycles. The van der Waals surface area contributed by atoms with Crippen molar-refractivity contribution in [2.24, 2.45) is 0 Å². The molecule has 1 aliphatic carbocycles. The van der Waals surface area contributed by atoms with E-state index in [2.05, 4.69) is 17.1 Å². The highest BCUT2D eigenvalue weighted by molar-refractivity contribution is 4.88. The molecule has 16 heavy (non-hydrogen) atoms. The Hall–Kier alpha value is -0.120. The lowest BCUT2D eigenvalue weighted by molar-refractivity contribution is 0.0798. The summed E-state index contributed by atoms with van der Waals surface area (Å²) in [7, 11) is 1.82. The highest BCUT2D eigenvalue weighted by Crippen LogP contribution is 2.23. The Balaban J connectivity index is 1.82. The minimum atomic E-state index is 0.582. The van der Waals surface area contributed by atoms with Crippen LogP contribution in [-0.4, -0.2) is 49.8 Å². The third-order valence-electron chi connectivity index (χ3n) is 3.94. The summed E-state index contributed by atoms with van der Waals surface area (Å²) in [6.07, 6.45) is 6.76. The molecule has 0 aromatic rings. The molecule has 1 N–H and O–H groups in total. The number of ether oxygens (including phenoxy) is 1. The van der Waals surface area contributed by atoms with Gasteiger partial charge in [0.05, 0.1) is 6.61 Å². The second kappa shape index (κ2) is 5.99. The first-order chi connectivity index (χ1) is 7.85. The largest absolute Gasteiger partial charge is 0.383 e. The van der Waals surface area contributed by atoms with Crippen molar-refractivity contribution in [1.29, 1.82) is 0 Å². The number of rotatable bonds is 7. The van der Waals surface area contributed by atoms with Crippen LogP contribution in [-0.2, 0) is 4.74 Å². The average molecular weight is 226 g/mol. The maximum Gasteiger partial charge on any atom is 0.0630 e. The topological polar surface area (TPSA) is 24.5 Å². The number of nitrogens with zero attached hydrogens (tertiary/aromatic N) is 1. The van der Waals surface area contributed by atoms with Crippen LogP contribution < -0.4 is 5.32 Å². The Morgan fingerprint density at radius 3 is 2.81 bits per heavy atom. The van der Waals surface area contributed by atoms with Crippen LogP contribution >= 0.6 is 0 Å². The van der Waals surface area contributed by atoms with Gasteiger partial charge in [0.25, 0.3) is 0 Å². The number of hydrogen-bond donors (Lipinski definition) is 1. The molecule has 1 saturated carbocycles. The normalized spacial score (nSPS) is 28.5. The van der Waals surface area contributed by atoms with Crippen LogP contribution in [0.25, 0.3) is 0 Å². The number of hydrogen-bond acceptors (Lipinski definition) is 3. The summed E-state index contributed by atoms with van der Waals surface area (Å²) in [5, 5.41) is 3.64. The van der Waals surface area contributed by atoms with Gasteiger partial charge < -0.3 is 10.1 Å². The summed E-state index contributed by atoms with van der Waals surface area (Å²) in [5.74, 6) is 0. The van der Waals surface area contributed by atoms with Crippen molar-refractivity contribution in [2.75, 3.05) is 26.8 Å². The van der Waals surface area contributed by atoms with Gasteiger partial charge in [-0.3, -0.25) is 4.90 Å². The van der Waals surface area contributed by atoms with E-state index in [9.17, 15) is 0 Å². The first-order valence-corrected chi connectivity index (χ1v) is 6.83. The minimum Gasteiger partial charge on any atom is -0.383 e. The van der Waals surface area contributed by atoms with Crippen molar-refractivity contribution in [1.82, 2.24) is 10.2 Å². The second-order valence-corrected chi connectivity index (χ2v) is 5.23. The molecule has 2 rings (SSSR count). The van der Waals surface area contributed by atoms with Crippen molar-refractivity contribution in [3.63, 3.8) is 0 Å². The third-order valence-corrected chi connectivity index (χ3v) is 3.94. The lowest BCUT2D eigenvalue weighted by Crippen LogP contribution is -2.47. The SMILES string of the molecule is CCC1CCCN1C(CNC1CC1)COC. The molecular weight excluding hydrogens is 200 g/mol. The minimum absolute atomic E-state index is 0.582. The molecule has 2 aliphatic rings. The van der Waals surface area contributed by atoms with Gasteiger partial charge in [-0.15, -0.1) is 0 Å². The zero-order valence-electron chi connectivity index (χ0n) is 10.7. The predicted octanol–water partition coefficient (Wildman–Crippen LogP) is 1.63.